The monoisotopic (exact) mass is 349 g/mol. The molecule has 2 nitrogen and oxygen atoms in total. The second-order valence-electron chi connectivity index (χ2n) is 4.08. The number of hydrogen-bond donors (Lipinski definition) is 0. The van der Waals surface area contributed by atoms with Crippen LogP contribution in [-0.2, 0) is 12.7 Å². The minimum atomic E-state index is -4.63. The second kappa shape index (κ2) is 5.40. The van der Waals surface area contributed by atoms with Crippen molar-refractivity contribution in [3.05, 3.63) is 68.3 Å². The molecule has 0 aliphatic rings. The molecule has 20 heavy (non-hydrogen) atoms. The van der Waals surface area contributed by atoms with Gasteiger partial charge in [-0.05, 0) is 39.7 Å². The zero-order valence-electron chi connectivity index (χ0n) is 9.92. The Morgan fingerprint density at radius 3 is 2.45 bits per heavy atom. The number of nitrogens with zero attached hydrogens (tertiary/aromatic N) is 1. The van der Waals surface area contributed by atoms with E-state index in [0.29, 0.717) is 10.1 Å². The smallest absolute Gasteiger partial charge is 0.300 e. The van der Waals surface area contributed by atoms with Crippen LogP contribution in [0.2, 0.25) is 0 Å². The Bertz CT molecular complexity index is 694. The van der Waals surface area contributed by atoms with Crippen molar-refractivity contribution in [2.45, 2.75) is 12.7 Å². The highest BCUT2D eigenvalue weighted by Gasteiger charge is 2.34. The van der Waals surface area contributed by atoms with Crippen molar-refractivity contribution in [1.82, 2.24) is 4.57 Å². The maximum absolute atomic E-state index is 13.1. The molecule has 0 unspecified atom stereocenters. The number of aromatic nitrogens is 1. The van der Waals surface area contributed by atoms with E-state index in [4.69, 9.17) is 0 Å². The van der Waals surface area contributed by atoms with Gasteiger partial charge in [-0.1, -0.05) is 12.1 Å². The van der Waals surface area contributed by atoms with E-state index in [1.54, 1.807) is 0 Å². The van der Waals surface area contributed by atoms with Crippen LogP contribution in [0.5, 0.6) is 0 Å². The van der Waals surface area contributed by atoms with Crippen LogP contribution in [0.4, 0.5) is 17.6 Å². The van der Waals surface area contributed by atoms with E-state index < -0.39 is 23.2 Å². The third-order valence-corrected chi connectivity index (χ3v) is 3.27. The molecule has 0 spiro atoms. The summed E-state index contributed by atoms with van der Waals surface area (Å²) >= 11 is 2.95. The quantitative estimate of drug-likeness (QED) is 0.755. The van der Waals surface area contributed by atoms with E-state index in [0.717, 1.165) is 24.3 Å². The standard InChI is InChI=1S/C13H8BrF4NO/c14-9-6-8(4-5-10(9)15)7-19-11(13(16,17)18)2-1-3-12(19)20/h1-6H,7H2. The van der Waals surface area contributed by atoms with Gasteiger partial charge in [0.1, 0.15) is 11.5 Å². The third-order valence-electron chi connectivity index (χ3n) is 2.66. The fourth-order valence-electron chi connectivity index (χ4n) is 1.75. The molecule has 0 fully saturated rings. The van der Waals surface area contributed by atoms with Gasteiger partial charge in [0.2, 0.25) is 0 Å². The fourth-order valence-corrected chi connectivity index (χ4v) is 2.18. The van der Waals surface area contributed by atoms with Gasteiger partial charge in [-0.25, -0.2) is 4.39 Å². The predicted molar refractivity (Wildman–Crippen MR) is 68.9 cm³/mol. The lowest BCUT2D eigenvalue weighted by Crippen LogP contribution is -2.27. The van der Waals surface area contributed by atoms with E-state index in [1.165, 1.54) is 12.1 Å². The lowest BCUT2D eigenvalue weighted by Gasteiger charge is -2.15. The molecule has 0 radical (unpaired) electrons. The van der Waals surface area contributed by atoms with E-state index in [2.05, 4.69) is 15.9 Å². The number of halogens is 5. The van der Waals surface area contributed by atoms with E-state index in [1.807, 2.05) is 0 Å². The number of rotatable bonds is 2. The molecule has 0 amide bonds. The van der Waals surface area contributed by atoms with Crippen LogP contribution in [0.15, 0.2) is 45.7 Å². The Labute approximate surface area is 119 Å². The van der Waals surface area contributed by atoms with Crippen molar-refractivity contribution >= 4 is 15.9 Å². The SMILES string of the molecule is O=c1cccc(C(F)(F)F)n1Cc1ccc(F)c(Br)c1. The third kappa shape index (κ3) is 3.09. The van der Waals surface area contributed by atoms with Gasteiger partial charge in [-0.2, -0.15) is 13.2 Å². The molecule has 2 rings (SSSR count). The summed E-state index contributed by atoms with van der Waals surface area (Å²) < 4.78 is 52.4. The van der Waals surface area contributed by atoms with Gasteiger partial charge in [0.05, 0.1) is 11.0 Å². The first-order valence-corrected chi connectivity index (χ1v) is 6.29. The summed E-state index contributed by atoms with van der Waals surface area (Å²) in [6, 6.07) is 6.74. The van der Waals surface area contributed by atoms with Gasteiger partial charge in [0.25, 0.3) is 5.56 Å². The van der Waals surface area contributed by atoms with Crippen LogP contribution in [0.1, 0.15) is 11.3 Å². The second-order valence-corrected chi connectivity index (χ2v) is 4.94. The summed E-state index contributed by atoms with van der Waals surface area (Å²) in [4.78, 5) is 11.6. The number of hydrogen-bond acceptors (Lipinski definition) is 1. The summed E-state index contributed by atoms with van der Waals surface area (Å²) in [5.41, 5.74) is -1.41. The highest BCUT2D eigenvalue weighted by Crippen LogP contribution is 2.28. The molecule has 0 saturated carbocycles. The lowest BCUT2D eigenvalue weighted by atomic mass is 10.2. The molecule has 1 heterocycles. The van der Waals surface area contributed by atoms with Gasteiger partial charge in [0, 0.05) is 6.07 Å². The minimum Gasteiger partial charge on any atom is -0.300 e. The molecule has 0 atom stereocenters. The first-order chi connectivity index (χ1) is 9.29. The number of pyridine rings is 1. The van der Waals surface area contributed by atoms with Crippen LogP contribution in [-0.4, -0.2) is 4.57 Å². The summed E-state index contributed by atoms with van der Waals surface area (Å²) in [6.45, 7) is -0.284. The molecule has 106 valence electrons. The average Bonchev–Trinajstić information content (AvgIpc) is 2.35. The van der Waals surface area contributed by atoms with Crippen molar-refractivity contribution in [3.63, 3.8) is 0 Å². The first-order valence-electron chi connectivity index (χ1n) is 5.50. The molecule has 7 heteroatoms. The zero-order chi connectivity index (χ0) is 14.9. The Kier molecular flexibility index (Phi) is 3.99. The average molecular weight is 350 g/mol. The van der Waals surface area contributed by atoms with Gasteiger partial charge in [0.15, 0.2) is 0 Å². The van der Waals surface area contributed by atoms with E-state index >= 15 is 0 Å². The summed E-state index contributed by atoms with van der Waals surface area (Å²) in [5, 5.41) is 0. The number of alkyl halides is 3. The Morgan fingerprint density at radius 1 is 1.15 bits per heavy atom. The van der Waals surface area contributed by atoms with Crippen LogP contribution >= 0.6 is 15.9 Å². The van der Waals surface area contributed by atoms with Gasteiger partial charge >= 0.3 is 6.18 Å². The highest BCUT2D eigenvalue weighted by atomic mass is 79.9. The molecule has 0 bridgehead atoms. The first kappa shape index (κ1) is 14.8. The molecule has 0 aliphatic carbocycles. The van der Waals surface area contributed by atoms with Crippen molar-refractivity contribution in [2.75, 3.05) is 0 Å². The maximum Gasteiger partial charge on any atom is 0.431 e. The Balaban J connectivity index is 2.48. The van der Waals surface area contributed by atoms with E-state index in [9.17, 15) is 22.4 Å². The molecule has 1 aromatic heterocycles. The van der Waals surface area contributed by atoms with Crippen molar-refractivity contribution < 1.29 is 17.6 Å². The zero-order valence-corrected chi connectivity index (χ0v) is 11.5. The van der Waals surface area contributed by atoms with Gasteiger partial charge in [-0.3, -0.25) is 9.36 Å². The largest absolute Gasteiger partial charge is 0.431 e. The normalized spacial score (nSPS) is 11.7. The fraction of sp³-hybridized carbons (Fsp3) is 0.154. The summed E-state index contributed by atoms with van der Waals surface area (Å²) in [6.07, 6.45) is -4.63. The molecular formula is C13H8BrF4NO. The van der Waals surface area contributed by atoms with Crippen molar-refractivity contribution in [2.24, 2.45) is 0 Å². The topological polar surface area (TPSA) is 22.0 Å². The molecule has 0 saturated heterocycles. The number of benzene rings is 1. The lowest BCUT2D eigenvalue weighted by molar-refractivity contribution is -0.144. The Hall–Kier alpha value is -1.63. The minimum absolute atomic E-state index is 0.132. The van der Waals surface area contributed by atoms with Crippen molar-refractivity contribution in [3.8, 4) is 0 Å². The van der Waals surface area contributed by atoms with Crippen LogP contribution in [0.25, 0.3) is 0 Å². The molecule has 2 aromatic rings. The molecule has 1 aromatic carbocycles. The molecule has 0 aliphatic heterocycles. The van der Waals surface area contributed by atoms with Crippen LogP contribution < -0.4 is 5.56 Å². The highest BCUT2D eigenvalue weighted by molar-refractivity contribution is 9.10. The predicted octanol–water partition coefficient (Wildman–Crippen LogP) is 3.82. The summed E-state index contributed by atoms with van der Waals surface area (Å²) in [5.74, 6) is -0.523. The molecular weight excluding hydrogens is 342 g/mol. The van der Waals surface area contributed by atoms with E-state index in [-0.39, 0.29) is 11.0 Å². The summed E-state index contributed by atoms with van der Waals surface area (Å²) in [7, 11) is 0. The van der Waals surface area contributed by atoms with Crippen LogP contribution in [0.3, 0.4) is 0 Å². The van der Waals surface area contributed by atoms with Gasteiger partial charge < -0.3 is 0 Å². The molecule has 0 N–H and O–H groups in total. The van der Waals surface area contributed by atoms with Gasteiger partial charge in [-0.15, -0.1) is 0 Å². The van der Waals surface area contributed by atoms with Crippen molar-refractivity contribution in [1.29, 1.82) is 0 Å². The Morgan fingerprint density at radius 2 is 1.85 bits per heavy atom. The van der Waals surface area contributed by atoms with Crippen LogP contribution in [0, 0.1) is 5.82 Å². The maximum atomic E-state index is 13.1.